The molecule has 0 saturated carbocycles. The molecule has 7 heteroatoms. The minimum Gasteiger partial charge on any atom is -0.481 e. The van der Waals surface area contributed by atoms with Crippen LogP contribution in [0, 0.1) is 0 Å². The zero-order chi connectivity index (χ0) is 20.1. The van der Waals surface area contributed by atoms with Crippen LogP contribution >= 0.6 is 11.3 Å². The summed E-state index contributed by atoms with van der Waals surface area (Å²) in [5, 5.41) is 13.0. The van der Waals surface area contributed by atoms with Crippen LogP contribution in [0.1, 0.15) is 18.4 Å². The van der Waals surface area contributed by atoms with Gasteiger partial charge in [0.2, 0.25) is 0 Å². The molecule has 2 heterocycles. The minimum absolute atomic E-state index is 0.203. The number of nitrogens with one attached hydrogen (secondary N) is 1. The number of nitrogens with zero attached hydrogens (tertiary/aromatic N) is 2. The van der Waals surface area contributed by atoms with Gasteiger partial charge in [-0.1, -0.05) is 35.6 Å². The van der Waals surface area contributed by atoms with Gasteiger partial charge in [-0.05, 0) is 42.7 Å². The number of carboxylic acids is 1. The van der Waals surface area contributed by atoms with Gasteiger partial charge in [0.25, 0.3) is 5.19 Å². The highest BCUT2D eigenvalue weighted by molar-refractivity contribution is 7.20. The monoisotopic (exact) mass is 411 g/mol. The molecule has 152 valence electrons. The highest BCUT2D eigenvalue weighted by Gasteiger charge is 2.22. The molecule has 2 aromatic carbocycles. The quantitative estimate of drug-likeness (QED) is 0.588. The van der Waals surface area contributed by atoms with Gasteiger partial charge in [0.15, 0.2) is 0 Å². The minimum atomic E-state index is -0.731. The van der Waals surface area contributed by atoms with Crippen molar-refractivity contribution in [1.29, 1.82) is 0 Å². The summed E-state index contributed by atoms with van der Waals surface area (Å²) < 4.78 is 7.04. The van der Waals surface area contributed by atoms with Crippen LogP contribution in [-0.4, -0.2) is 53.2 Å². The predicted octanol–water partition coefficient (Wildman–Crippen LogP) is 3.77. The van der Waals surface area contributed by atoms with Crippen LogP contribution in [0.3, 0.4) is 0 Å². The van der Waals surface area contributed by atoms with Gasteiger partial charge in [-0.3, -0.25) is 9.69 Å². The van der Waals surface area contributed by atoms with Crippen molar-refractivity contribution in [3.05, 3.63) is 54.1 Å². The van der Waals surface area contributed by atoms with Gasteiger partial charge in [0, 0.05) is 32.2 Å². The molecule has 1 aliphatic heterocycles. The second-order valence-electron chi connectivity index (χ2n) is 7.27. The topological polar surface area (TPSA) is 74.7 Å². The maximum Gasteiger partial charge on any atom is 0.304 e. The predicted molar refractivity (Wildman–Crippen MR) is 115 cm³/mol. The number of thiazole rings is 1. The highest BCUT2D eigenvalue weighted by atomic mass is 32.1. The Balaban J connectivity index is 1.32. The van der Waals surface area contributed by atoms with Gasteiger partial charge in [0.1, 0.15) is 5.75 Å². The molecule has 0 bridgehead atoms. The maximum atomic E-state index is 10.9. The lowest BCUT2D eigenvalue weighted by atomic mass is 10.0. The summed E-state index contributed by atoms with van der Waals surface area (Å²) in [7, 11) is 0. The molecule has 3 aromatic rings. The van der Waals surface area contributed by atoms with E-state index in [9.17, 15) is 4.79 Å². The Bertz CT molecular complexity index is 924. The molecule has 1 fully saturated rings. The maximum absolute atomic E-state index is 10.9. The Labute approximate surface area is 174 Å². The van der Waals surface area contributed by atoms with Gasteiger partial charge in [0.05, 0.1) is 16.6 Å². The first-order valence-electron chi connectivity index (χ1n) is 9.96. The second kappa shape index (κ2) is 9.35. The van der Waals surface area contributed by atoms with E-state index >= 15 is 0 Å². The van der Waals surface area contributed by atoms with Crippen LogP contribution in [0.4, 0.5) is 0 Å². The van der Waals surface area contributed by atoms with Crippen molar-refractivity contribution >= 4 is 27.5 Å². The van der Waals surface area contributed by atoms with Crippen LogP contribution in [0.2, 0.25) is 0 Å². The molecular weight excluding hydrogens is 386 g/mol. The number of fused-ring (bicyclic) bond motifs is 1. The molecule has 2 N–H and O–H groups in total. The smallest absolute Gasteiger partial charge is 0.304 e. The lowest BCUT2D eigenvalue weighted by molar-refractivity contribution is -0.137. The number of benzene rings is 2. The standard InChI is InChI=1S/C22H25N3O3S/c26-21(27)11-13-25-14-12-23-15-17(25)8-5-16-6-9-18(10-7-16)28-22-24-19-3-1-2-4-20(19)29-22/h1-4,6-7,9-10,17,23H,5,8,11-15H2,(H,26,27). The van der Waals surface area contributed by atoms with Gasteiger partial charge >= 0.3 is 5.97 Å². The first-order valence-corrected chi connectivity index (χ1v) is 10.8. The lowest BCUT2D eigenvalue weighted by Gasteiger charge is -2.36. The first-order chi connectivity index (χ1) is 14.2. The van der Waals surface area contributed by atoms with Crippen molar-refractivity contribution in [2.24, 2.45) is 0 Å². The average molecular weight is 412 g/mol. The zero-order valence-corrected chi connectivity index (χ0v) is 17.0. The summed E-state index contributed by atoms with van der Waals surface area (Å²) in [6.07, 6.45) is 2.16. The van der Waals surface area contributed by atoms with E-state index in [-0.39, 0.29) is 6.42 Å². The van der Waals surface area contributed by atoms with E-state index in [1.54, 1.807) is 11.3 Å². The SMILES string of the molecule is O=C(O)CCN1CCNCC1CCc1ccc(Oc2nc3ccccc3s2)cc1. The number of aliphatic carboxylic acids is 1. The largest absolute Gasteiger partial charge is 0.481 e. The Morgan fingerprint density at radius 1 is 1.24 bits per heavy atom. The third-order valence-corrected chi connectivity index (χ3v) is 6.17. The number of carboxylic acid groups (broad SMARTS) is 1. The number of ether oxygens (including phenoxy) is 1. The summed E-state index contributed by atoms with van der Waals surface area (Å²) >= 11 is 1.54. The van der Waals surface area contributed by atoms with Crippen LogP contribution in [-0.2, 0) is 11.2 Å². The van der Waals surface area contributed by atoms with Gasteiger partial charge < -0.3 is 15.2 Å². The van der Waals surface area contributed by atoms with Crippen molar-refractivity contribution in [2.45, 2.75) is 25.3 Å². The Kier molecular flexibility index (Phi) is 6.39. The molecule has 1 aliphatic rings. The molecule has 0 spiro atoms. The van der Waals surface area contributed by atoms with Crippen LogP contribution in [0.25, 0.3) is 10.2 Å². The molecule has 0 aliphatic carbocycles. The van der Waals surface area contributed by atoms with Crippen LogP contribution < -0.4 is 10.1 Å². The van der Waals surface area contributed by atoms with E-state index in [2.05, 4.69) is 27.3 Å². The highest BCUT2D eigenvalue weighted by Crippen LogP contribution is 2.31. The molecule has 29 heavy (non-hydrogen) atoms. The van der Waals surface area contributed by atoms with E-state index in [1.165, 1.54) is 5.56 Å². The normalized spacial score (nSPS) is 17.4. The van der Waals surface area contributed by atoms with Crippen molar-refractivity contribution in [2.75, 3.05) is 26.2 Å². The Morgan fingerprint density at radius 2 is 2.07 bits per heavy atom. The third kappa shape index (κ3) is 5.32. The number of hydrogen-bond acceptors (Lipinski definition) is 6. The number of rotatable bonds is 8. The summed E-state index contributed by atoms with van der Waals surface area (Å²) in [6.45, 7) is 3.37. The summed E-state index contributed by atoms with van der Waals surface area (Å²) in [4.78, 5) is 17.7. The number of carbonyl (C=O) groups is 1. The fraction of sp³-hybridized carbons (Fsp3) is 0.364. The number of para-hydroxylation sites is 1. The molecule has 0 radical (unpaired) electrons. The summed E-state index contributed by atoms with van der Waals surface area (Å²) in [5.74, 6) is 0.0567. The number of aromatic nitrogens is 1. The third-order valence-electron chi connectivity index (χ3n) is 5.25. The van der Waals surface area contributed by atoms with Crippen molar-refractivity contribution in [1.82, 2.24) is 15.2 Å². The number of hydrogen-bond donors (Lipinski definition) is 2. The molecule has 6 nitrogen and oxygen atoms in total. The zero-order valence-electron chi connectivity index (χ0n) is 16.2. The molecule has 1 atom stereocenters. The van der Waals surface area contributed by atoms with Crippen LogP contribution in [0.5, 0.6) is 10.9 Å². The van der Waals surface area contributed by atoms with Gasteiger partial charge in [-0.25, -0.2) is 4.98 Å². The molecule has 1 saturated heterocycles. The number of aryl methyl sites for hydroxylation is 1. The van der Waals surface area contributed by atoms with E-state index < -0.39 is 5.97 Å². The van der Waals surface area contributed by atoms with Crippen LogP contribution in [0.15, 0.2) is 48.5 Å². The fourth-order valence-corrected chi connectivity index (χ4v) is 4.51. The summed E-state index contributed by atoms with van der Waals surface area (Å²) in [6, 6.07) is 16.6. The Morgan fingerprint density at radius 3 is 2.86 bits per heavy atom. The van der Waals surface area contributed by atoms with Gasteiger partial charge in [-0.2, -0.15) is 0 Å². The molecule has 0 amide bonds. The summed E-state index contributed by atoms with van der Waals surface area (Å²) in [5.41, 5.74) is 2.21. The van der Waals surface area contributed by atoms with Crippen molar-refractivity contribution in [3.63, 3.8) is 0 Å². The first kappa shape index (κ1) is 19.8. The molecule has 1 unspecified atom stereocenters. The van der Waals surface area contributed by atoms with E-state index in [0.29, 0.717) is 17.8 Å². The lowest BCUT2D eigenvalue weighted by Crippen LogP contribution is -2.51. The second-order valence-corrected chi connectivity index (χ2v) is 8.26. The van der Waals surface area contributed by atoms with Crippen molar-refractivity contribution < 1.29 is 14.6 Å². The average Bonchev–Trinajstić information content (AvgIpc) is 3.14. The van der Waals surface area contributed by atoms with E-state index in [4.69, 9.17) is 9.84 Å². The molecule has 1 aromatic heterocycles. The molecular formula is C22H25N3O3S. The van der Waals surface area contributed by atoms with Gasteiger partial charge in [-0.15, -0.1) is 0 Å². The van der Waals surface area contributed by atoms with E-state index in [1.807, 2.05) is 36.4 Å². The fourth-order valence-electron chi connectivity index (χ4n) is 3.67. The number of piperazine rings is 1. The van der Waals surface area contributed by atoms with Crippen molar-refractivity contribution in [3.8, 4) is 10.9 Å². The Hall–Kier alpha value is -2.48. The molecule has 4 rings (SSSR count). The van der Waals surface area contributed by atoms with E-state index in [0.717, 1.165) is 48.4 Å².